The van der Waals surface area contributed by atoms with Crippen LogP contribution >= 0.6 is 0 Å². The van der Waals surface area contributed by atoms with Gasteiger partial charge in [0.2, 0.25) is 5.91 Å². The second kappa shape index (κ2) is 7.50. The van der Waals surface area contributed by atoms with Crippen LogP contribution in [0, 0.1) is 29.1 Å². The SMILES string of the molecule is CN(c1cccc(C(F)(F)F)n1)C1CCN(C(=O)O)C1C1C2CC3C[C@H]1CC(C(N)=O)(C3)C2. The van der Waals surface area contributed by atoms with Crippen molar-refractivity contribution in [3.63, 3.8) is 0 Å². The molecule has 10 heteroatoms. The molecular weight excluding hydrogens is 437 g/mol. The van der Waals surface area contributed by atoms with E-state index >= 15 is 0 Å². The minimum atomic E-state index is -4.55. The Labute approximate surface area is 190 Å². The number of nitrogens with zero attached hydrogens (tertiary/aromatic N) is 3. The molecule has 33 heavy (non-hydrogen) atoms. The molecule has 3 N–H and O–H groups in total. The second-order valence-electron chi connectivity index (χ2n) is 10.5. The quantitative estimate of drug-likeness (QED) is 0.707. The van der Waals surface area contributed by atoms with Gasteiger partial charge in [-0.25, -0.2) is 9.78 Å². The first-order valence-corrected chi connectivity index (χ1v) is 11.6. The molecule has 1 aromatic heterocycles. The molecule has 5 fully saturated rings. The number of carbonyl (C=O) groups is 2. The number of halogens is 3. The third-order valence-corrected chi connectivity index (χ3v) is 8.81. The Morgan fingerprint density at radius 1 is 1.21 bits per heavy atom. The van der Waals surface area contributed by atoms with Crippen LogP contribution in [0.2, 0.25) is 0 Å². The molecule has 2 heterocycles. The molecule has 2 amide bonds. The zero-order chi connectivity index (χ0) is 23.7. The molecule has 1 aliphatic heterocycles. The maximum Gasteiger partial charge on any atom is 0.433 e. The van der Waals surface area contributed by atoms with E-state index in [1.807, 2.05) is 0 Å². The number of carboxylic acid groups (broad SMARTS) is 1. The van der Waals surface area contributed by atoms with E-state index in [0.29, 0.717) is 31.7 Å². The third-order valence-electron chi connectivity index (χ3n) is 8.81. The molecule has 1 saturated heterocycles. The first kappa shape index (κ1) is 22.3. The number of pyridine rings is 1. The minimum absolute atomic E-state index is 0.0610. The predicted octanol–water partition coefficient (Wildman–Crippen LogP) is 3.59. The van der Waals surface area contributed by atoms with Crippen molar-refractivity contribution >= 4 is 17.8 Å². The lowest BCUT2D eigenvalue weighted by atomic mass is 9.44. The minimum Gasteiger partial charge on any atom is -0.465 e. The first-order chi connectivity index (χ1) is 15.5. The molecule has 7 nitrogen and oxygen atoms in total. The largest absolute Gasteiger partial charge is 0.465 e. The highest BCUT2D eigenvalue weighted by molar-refractivity contribution is 5.81. The lowest BCUT2D eigenvalue weighted by Gasteiger charge is -2.61. The summed E-state index contributed by atoms with van der Waals surface area (Å²) in [6, 6.07) is 3.16. The number of alkyl halides is 3. The van der Waals surface area contributed by atoms with Gasteiger partial charge in [-0.3, -0.25) is 4.79 Å². The molecular formula is C23H29F3N4O3. The molecule has 4 saturated carbocycles. The van der Waals surface area contributed by atoms with Crippen LogP contribution in [0.5, 0.6) is 0 Å². The van der Waals surface area contributed by atoms with Gasteiger partial charge in [0.05, 0.1) is 12.1 Å². The van der Waals surface area contributed by atoms with Gasteiger partial charge in [0.25, 0.3) is 0 Å². The van der Waals surface area contributed by atoms with Crippen molar-refractivity contribution in [1.82, 2.24) is 9.88 Å². The van der Waals surface area contributed by atoms with E-state index < -0.39 is 23.4 Å². The van der Waals surface area contributed by atoms with Gasteiger partial charge in [-0.1, -0.05) is 6.07 Å². The van der Waals surface area contributed by atoms with Gasteiger partial charge in [-0.15, -0.1) is 0 Å². The van der Waals surface area contributed by atoms with E-state index in [4.69, 9.17) is 5.73 Å². The molecule has 0 aromatic carbocycles. The van der Waals surface area contributed by atoms with Gasteiger partial charge in [0.15, 0.2) is 0 Å². The maximum absolute atomic E-state index is 13.2. The Morgan fingerprint density at radius 3 is 2.45 bits per heavy atom. The summed E-state index contributed by atoms with van der Waals surface area (Å²) >= 11 is 0. The van der Waals surface area contributed by atoms with E-state index in [2.05, 4.69) is 4.98 Å². The van der Waals surface area contributed by atoms with E-state index in [9.17, 15) is 27.9 Å². The summed E-state index contributed by atoms with van der Waals surface area (Å²) in [5.41, 5.74) is 4.37. The topological polar surface area (TPSA) is 99.8 Å². The monoisotopic (exact) mass is 466 g/mol. The highest BCUT2D eigenvalue weighted by Gasteiger charge is 2.61. The van der Waals surface area contributed by atoms with Crippen molar-refractivity contribution in [2.24, 2.45) is 34.8 Å². The van der Waals surface area contributed by atoms with Crippen molar-refractivity contribution in [2.45, 2.75) is 56.8 Å². The van der Waals surface area contributed by atoms with Crippen LogP contribution in [-0.4, -0.2) is 52.7 Å². The second-order valence-corrected chi connectivity index (χ2v) is 10.5. The number of rotatable bonds is 4. The van der Waals surface area contributed by atoms with Crippen molar-refractivity contribution < 1.29 is 27.9 Å². The Morgan fingerprint density at radius 2 is 1.88 bits per heavy atom. The van der Waals surface area contributed by atoms with E-state index in [1.165, 1.54) is 17.0 Å². The number of nitrogens with two attached hydrogens (primary N) is 1. The smallest absolute Gasteiger partial charge is 0.433 e. The number of carbonyl (C=O) groups excluding carboxylic acids is 1. The van der Waals surface area contributed by atoms with Gasteiger partial charge in [-0.05, 0) is 74.3 Å². The van der Waals surface area contributed by atoms with Gasteiger partial charge < -0.3 is 20.6 Å². The molecule has 6 unspecified atom stereocenters. The number of amides is 2. The van der Waals surface area contributed by atoms with Gasteiger partial charge in [0, 0.05) is 19.0 Å². The lowest BCUT2D eigenvalue weighted by Crippen LogP contribution is -2.62. The lowest BCUT2D eigenvalue weighted by molar-refractivity contribution is -0.154. The molecule has 7 atom stereocenters. The molecule has 0 radical (unpaired) electrons. The molecule has 0 spiro atoms. The predicted molar refractivity (Wildman–Crippen MR) is 113 cm³/mol. The molecule has 180 valence electrons. The van der Waals surface area contributed by atoms with Crippen LogP contribution in [-0.2, 0) is 11.0 Å². The Bertz CT molecular complexity index is 955. The van der Waals surface area contributed by atoms with Crippen molar-refractivity contribution in [1.29, 1.82) is 0 Å². The summed E-state index contributed by atoms with van der Waals surface area (Å²) in [5.74, 6) is 0.824. The number of aromatic nitrogens is 1. The fraction of sp³-hybridized carbons (Fsp3) is 0.696. The van der Waals surface area contributed by atoms with Crippen LogP contribution in [0.3, 0.4) is 0 Å². The summed E-state index contributed by atoms with van der Waals surface area (Å²) in [6.07, 6.45) is -0.935. The highest BCUT2D eigenvalue weighted by atomic mass is 19.4. The van der Waals surface area contributed by atoms with Gasteiger partial charge >= 0.3 is 12.3 Å². The Hall–Kier alpha value is -2.52. The van der Waals surface area contributed by atoms with Crippen molar-refractivity contribution in [2.75, 3.05) is 18.5 Å². The summed E-state index contributed by atoms with van der Waals surface area (Å²) in [5, 5.41) is 9.97. The number of likely N-dealkylation sites (N-methyl/N-ethyl adjacent to an activating group) is 1. The van der Waals surface area contributed by atoms with E-state index in [1.54, 1.807) is 11.9 Å². The number of primary amides is 1. The number of hydrogen-bond donors (Lipinski definition) is 2. The van der Waals surface area contributed by atoms with E-state index in [0.717, 1.165) is 25.3 Å². The molecule has 4 bridgehead atoms. The van der Waals surface area contributed by atoms with Crippen LogP contribution < -0.4 is 10.6 Å². The number of anilines is 1. The Balaban J connectivity index is 1.48. The zero-order valence-corrected chi connectivity index (χ0v) is 18.5. The molecule has 5 aliphatic rings. The fourth-order valence-electron chi connectivity index (χ4n) is 7.78. The average molecular weight is 467 g/mol. The third kappa shape index (κ3) is 3.52. The highest BCUT2D eigenvalue weighted by Crippen LogP contribution is 2.64. The number of hydrogen-bond acceptors (Lipinski definition) is 4. The van der Waals surface area contributed by atoms with Crippen molar-refractivity contribution in [3.8, 4) is 0 Å². The fourth-order valence-corrected chi connectivity index (χ4v) is 7.78. The summed E-state index contributed by atoms with van der Waals surface area (Å²) in [6.45, 7) is 0.328. The van der Waals surface area contributed by atoms with Crippen LogP contribution in [0.15, 0.2) is 18.2 Å². The van der Waals surface area contributed by atoms with Gasteiger partial charge in [-0.2, -0.15) is 13.2 Å². The van der Waals surface area contributed by atoms with Crippen molar-refractivity contribution in [3.05, 3.63) is 23.9 Å². The standard InChI is InChI=1S/C23H29F3N4O3/c1-29(17-4-2-3-16(28-17)23(24,25)26)15-5-6-30(21(32)33)19(15)18-13-7-12-8-14(18)11-22(9-12,10-13)20(27)31/h2-4,12-15,18-19H,5-11H2,1H3,(H2,27,31)(H,32,33)/t12?,13-,14?,15?,18?,19?,22?/m0/s1. The summed E-state index contributed by atoms with van der Waals surface area (Å²) in [4.78, 5) is 31.5. The summed E-state index contributed by atoms with van der Waals surface area (Å²) < 4.78 is 39.7. The first-order valence-electron chi connectivity index (χ1n) is 11.6. The number of likely N-dealkylation sites (tertiary alicyclic amines) is 1. The van der Waals surface area contributed by atoms with Crippen LogP contribution in [0.4, 0.5) is 23.8 Å². The van der Waals surface area contributed by atoms with Gasteiger partial charge in [0.1, 0.15) is 11.5 Å². The average Bonchev–Trinajstić information content (AvgIpc) is 3.17. The van der Waals surface area contributed by atoms with Crippen LogP contribution in [0.1, 0.15) is 44.2 Å². The molecule has 6 rings (SSSR count). The molecule has 1 aromatic rings. The Kier molecular flexibility index (Phi) is 5.06. The summed E-state index contributed by atoms with van der Waals surface area (Å²) in [7, 11) is 1.70. The normalized spacial score (nSPS) is 37.4. The molecule has 4 aliphatic carbocycles. The zero-order valence-electron chi connectivity index (χ0n) is 18.5. The van der Waals surface area contributed by atoms with Crippen LogP contribution in [0.25, 0.3) is 0 Å². The van der Waals surface area contributed by atoms with E-state index in [-0.39, 0.29) is 41.6 Å². The maximum atomic E-state index is 13.2.